The molecule has 1 aliphatic heterocycles. The van der Waals surface area contributed by atoms with Gasteiger partial charge in [0.05, 0.1) is 19.8 Å². The van der Waals surface area contributed by atoms with Crippen molar-refractivity contribution in [2.24, 2.45) is 11.8 Å². The molecule has 1 aromatic rings. The van der Waals surface area contributed by atoms with Gasteiger partial charge in [-0.05, 0) is 62.4 Å². The fourth-order valence-corrected chi connectivity index (χ4v) is 5.78. The number of urea groups is 1. The second-order valence-corrected chi connectivity index (χ2v) is 10.6. The molecule has 9 heteroatoms. The Morgan fingerprint density at radius 1 is 1.19 bits per heavy atom. The van der Waals surface area contributed by atoms with Crippen LogP contribution in [0, 0.1) is 18.8 Å². The summed E-state index contributed by atoms with van der Waals surface area (Å²) in [4.78, 5) is 26.7. The molecule has 1 heterocycles. The van der Waals surface area contributed by atoms with Crippen LogP contribution in [0.3, 0.4) is 0 Å². The molecule has 0 bridgehead atoms. The number of likely N-dealkylation sites (N-methyl/N-ethyl adjacent to an activating group) is 1. The number of alkyl carbamates (subject to hydrolysis) is 1. The summed E-state index contributed by atoms with van der Waals surface area (Å²) in [5, 5.41) is 9.87. The molecule has 3 amide bonds. The maximum Gasteiger partial charge on any atom is 0.406 e. The van der Waals surface area contributed by atoms with Crippen LogP contribution in [0.25, 0.3) is 0 Å². The third-order valence-corrected chi connectivity index (χ3v) is 7.68. The van der Waals surface area contributed by atoms with Crippen molar-refractivity contribution in [3.05, 3.63) is 34.3 Å². The molecule has 1 aliphatic carbocycles. The molecule has 2 aliphatic rings. The van der Waals surface area contributed by atoms with Crippen molar-refractivity contribution in [1.82, 2.24) is 20.9 Å². The van der Waals surface area contributed by atoms with Crippen molar-refractivity contribution in [3.8, 4) is 0 Å². The molecule has 3 rings (SSSR count). The van der Waals surface area contributed by atoms with E-state index in [1.807, 2.05) is 37.1 Å². The van der Waals surface area contributed by atoms with Gasteiger partial charge in [-0.15, -0.1) is 0 Å². The van der Waals surface area contributed by atoms with E-state index in [9.17, 15) is 9.59 Å². The zero-order chi connectivity index (χ0) is 25.9. The van der Waals surface area contributed by atoms with Gasteiger partial charge >= 0.3 is 12.1 Å². The highest BCUT2D eigenvalue weighted by Crippen LogP contribution is 2.36. The Kier molecular flexibility index (Phi) is 11.6. The Labute approximate surface area is 220 Å². The van der Waals surface area contributed by atoms with Crippen molar-refractivity contribution in [2.75, 3.05) is 46.9 Å². The number of amides is 3. The first kappa shape index (κ1) is 28.5. The van der Waals surface area contributed by atoms with E-state index >= 15 is 0 Å². The summed E-state index contributed by atoms with van der Waals surface area (Å²) in [6.45, 7) is 4.85. The lowest BCUT2D eigenvalue weighted by Crippen LogP contribution is -2.51. The van der Waals surface area contributed by atoms with E-state index in [0.29, 0.717) is 30.6 Å². The van der Waals surface area contributed by atoms with E-state index in [1.54, 1.807) is 0 Å². The van der Waals surface area contributed by atoms with Crippen LogP contribution in [0.4, 0.5) is 9.59 Å². The van der Waals surface area contributed by atoms with E-state index in [-0.39, 0.29) is 24.1 Å². The number of aryl methyl sites for hydroxylation is 1. The molecule has 202 valence electrons. The lowest BCUT2D eigenvalue weighted by molar-refractivity contribution is -0.00898. The molecule has 2 fully saturated rings. The van der Waals surface area contributed by atoms with Crippen LogP contribution in [-0.4, -0.2) is 70.0 Å². The number of carbonyl (C=O) groups is 2. The van der Waals surface area contributed by atoms with Crippen LogP contribution in [0.15, 0.2) is 18.2 Å². The number of carbonyl (C=O) groups excluding carboxylic acids is 2. The molecule has 1 unspecified atom stereocenters. The predicted octanol–water partition coefficient (Wildman–Crippen LogP) is 4.65. The average molecular weight is 523 g/mol. The minimum atomic E-state index is -0.483. The first-order valence-electron chi connectivity index (χ1n) is 13.3. The summed E-state index contributed by atoms with van der Waals surface area (Å²) in [5.41, 5.74) is 2.12. The number of rotatable bonds is 11. The number of halogens is 1. The number of piperidine rings is 1. The SMILES string of the molecule is CNC[C@H](CC1CCCC1)NC(=O)N1CCC[C@@H](C(OCCNC(=O)OC)c2cc(Cl)ccc2C)C1. The quantitative estimate of drug-likeness (QED) is 0.368. The van der Waals surface area contributed by atoms with Crippen molar-refractivity contribution < 1.29 is 19.1 Å². The average Bonchev–Trinajstić information content (AvgIpc) is 3.39. The number of nitrogens with one attached hydrogen (secondary N) is 3. The molecule has 3 N–H and O–H groups in total. The Balaban J connectivity index is 1.66. The summed E-state index contributed by atoms with van der Waals surface area (Å²) in [6.07, 6.45) is 7.33. The minimum absolute atomic E-state index is 0.00636. The van der Waals surface area contributed by atoms with E-state index in [0.717, 1.165) is 43.5 Å². The van der Waals surface area contributed by atoms with Gasteiger partial charge in [0, 0.05) is 43.2 Å². The maximum absolute atomic E-state index is 13.3. The number of nitrogens with zero attached hydrogens (tertiary/aromatic N) is 1. The first-order valence-corrected chi connectivity index (χ1v) is 13.7. The standard InChI is InChI=1S/C27H43ClN4O4/c1-19-10-11-22(28)16-24(19)25(36-14-12-30-27(34)35-3)21-9-6-13-32(18-21)26(33)31-23(17-29-2)15-20-7-4-5-8-20/h10-11,16,20-21,23,25,29H,4-9,12-15,17-18H2,1-3H3,(H,30,34)(H,31,33)/t21-,23+,25?/m1/s1. The molecule has 3 atom stereocenters. The molecular formula is C27H43ClN4O4. The Morgan fingerprint density at radius 2 is 1.97 bits per heavy atom. The van der Waals surface area contributed by atoms with Crippen LogP contribution in [0.5, 0.6) is 0 Å². The predicted molar refractivity (Wildman–Crippen MR) is 142 cm³/mol. The Bertz CT molecular complexity index is 849. The van der Waals surface area contributed by atoms with Crippen molar-refractivity contribution in [3.63, 3.8) is 0 Å². The third kappa shape index (κ3) is 8.53. The van der Waals surface area contributed by atoms with Crippen molar-refractivity contribution in [1.29, 1.82) is 0 Å². The van der Waals surface area contributed by atoms with E-state index in [2.05, 4.69) is 20.7 Å². The molecular weight excluding hydrogens is 480 g/mol. The number of ether oxygens (including phenoxy) is 2. The topological polar surface area (TPSA) is 91.9 Å². The second-order valence-electron chi connectivity index (χ2n) is 10.1. The van der Waals surface area contributed by atoms with Gasteiger partial charge in [0.15, 0.2) is 0 Å². The largest absolute Gasteiger partial charge is 0.453 e. The summed E-state index contributed by atoms with van der Waals surface area (Å²) in [5.74, 6) is 0.831. The van der Waals surface area contributed by atoms with Gasteiger partial charge in [-0.3, -0.25) is 0 Å². The third-order valence-electron chi connectivity index (χ3n) is 7.45. The van der Waals surface area contributed by atoms with Gasteiger partial charge in [0.1, 0.15) is 0 Å². The molecule has 0 aromatic heterocycles. The summed E-state index contributed by atoms with van der Waals surface area (Å²) in [6, 6.07) is 5.98. The highest BCUT2D eigenvalue weighted by atomic mass is 35.5. The zero-order valence-corrected chi connectivity index (χ0v) is 22.7. The molecule has 0 radical (unpaired) electrons. The molecule has 1 aromatic carbocycles. The van der Waals surface area contributed by atoms with Crippen molar-refractivity contribution >= 4 is 23.7 Å². The monoisotopic (exact) mass is 522 g/mol. The maximum atomic E-state index is 13.3. The van der Waals surface area contributed by atoms with Gasteiger partial charge in [-0.1, -0.05) is 43.4 Å². The van der Waals surface area contributed by atoms with Crippen LogP contribution in [-0.2, 0) is 9.47 Å². The first-order chi connectivity index (χ1) is 17.4. The molecule has 1 saturated carbocycles. The Morgan fingerprint density at radius 3 is 2.69 bits per heavy atom. The highest BCUT2D eigenvalue weighted by Gasteiger charge is 2.33. The zero-order valence-electron chi connectivity index (χ0n) is 22.0. The number of likely N-dealkylation sites (tertiary alicyclic amines) is 1. The number of methoxy groups -OCH3 is 1. The van der Waals surface area contributed by atoms with E-state index < -0.39 is 6.09 Å². The smallest absolute Gasteiger partial charge is 0.406 e. The highest BCUT2D eigenvalue weighted by molar-refractivity contribution is 6.30. The summed E-state index contributed by atoms with van der Waals surface area (Å²) >= 11 is 6.35. The second kappa shape index (κ2) is 14.6. The Hall–Kier alpha value is -2.03. The normalized spacial score (nSPS) is 20.1. The molecule has 8 nitrogen and oxygen atoms in total. The van der Waals surface area contributed by atoms with Crippen molar-refractivity contribution in [2.45, 2.75) is 64.0 Å². The lowest BCUT2D eigenvalue weighted by Gasteiger charge is -2.38. The van der Waals surface area contributed by atoms with Crippen LogP contribution in [0.1, 0.15) is 62.2 Å². The van der Waals surface area contributed by atoms with Gasteiger partial charge in [-0.25, -0.2) is 9.59 Å². The molecule has 0 spiro atoms. The van der Waals surface area contributed by atoms with Gasteiger partial charge in [0.2, 0.25) is 0 Å². The summed E-state index contributed by atoms with van der Waals surface area (Å²) < 4.78 is 11.0. The van der Waals surface area contributed by atoms with Gasteiger partial charge in [0.25, 0.3) is 0 Å². The number of benzene rings is 1. The minimum Gasteiger partial charge on any atom is -0.453 e. The molecule has 1 saturated heterocycles. The lowest BCUT2D eigenvalue weighted by atomic mass is 9.86. The fraction of sp³-hybridized carbons (Fsp3) is 0.704. The molecule has 36 heavy (non-hydrogen) atoms. The summed E-state index contributed by atoms with van der Waals surface area (Å²) in [7, 11) is 3.28. The van der Waals surface area contributed by atoms with Crippen LogP contribution < -0.4 is 16.0 Å². The van der Waals surface area contributed by atoms with Gasteiger partial charge < -0.3 is 30.3 Å². The number of hydrogen-bond acceptors (Lipinski definition) is 5. The van der Waals surface area contributed by atoms with Crippen LogP contribution >= 0.6 is 11.6 Å². The number of hydrogen-bond donors (Lipinski definition) is 3. The van der Waals surface area contributed by atoms with E-state index in [1.165, 1.54) is 32.8 Å². The van der Waals surface area contributed by atoms with Gasteiger partial charge in [-0.2, -0.15) is 0 Å². The van der Waals surface area contributed by atoms with E-state index in [4.69, 9.17) is 16.3 Å². The van der Waals surface area contributed by atoms with Crippen LogP contribution in [0.2, 0.25) is 5.02 Å². The fourth-order valence-electron chi connectivity index (χ4n) is 5.60.